The zero-order valence-corrected chi connectivity index (χ0v) is 7.04. The molecule has 0 aromatic heterocycles. The molecule has 0 radical (unpaired) electrons. The topological polar surface area (TPSA) is 66.4 Å². The van der Waals surface area contributed by atoms with Gasteiger partial charge in [-0.3, -0.25) is 9.59 Å². The molecule has 2 N–H and O–H groups in total. The van der Waals surface area contributed by atoms with Crippen molar-refractivity contribution in [3.05, 3.63) is 0 Å². The second kappa shape index (κ2) is 3.56. The molecule has 0 spiro atoms. The fourth-order valence-electron chi connectivity index (χ4n) is 1.44. The van der Waals surface area contributed by atoms with Crippen molar-refractivity contribution in [1.82, 2.24) is 5.32 Å². The van der Waals surface area contributed by atoms with Gasteiger partial charge < -0.3 is 10.4 Å². The van der Waals surface area contributed by atoms with Gasteiger partial charge in [0.1, 0.15) is 6.42 Å². The highest BCUT2D eigenvalue weighted by atomic mass is 16.4. The molecule has 0 aliphatic heterocycles. The van der Waals surface area contributed by atoms with E-state index < -0.39 is 12.4 Å². The molecule has 68 valence electrons. The third-order valence-electron chi connectivity index (χ3n) is 2.05. The monoisotopic (exact) mass is 171 g/mol. The van der Waals surface area contributed by atoms with Crippen molar-refractivity contribution in [3.8, 4) is 0 Å². The third-order valence-corrected chi connectivity index (χ3v) is 2.05. The Kier molecular flexibility index (Phi) is 2.68. The minimum Gasteiger partial charge on any atom is -0.481 e. The largest absolute Gasteiger partial charge is 0.481 e. The van der Waals surface area contributed by atoms with Gasteiger partial charge in [0.25, 0.3) is 0 Å². The van der Waals surface area contributed by atoms with Crippen molar-refractivity contribution < 1.29 is 14.7 Å². The Morgan fingerprint density at radius 2 is 2.08 bits per heavy atom. The first-order chi connectivity index (χ1) is 5.58. The molecule has 0 aromatic rings. The Morgan fingerprint density at radius 3 is 2.50 bits per heavy atom. The second-order valence-corrected chi connectivity index (χ2v) is 3.41. The van der Waals surface area contributed by atoms with E-state index in [4.69, 9.17) is 5.11 Å². The number of carboxylic acid groups (broad SMARTS) is 1. The SMILES string of the molecule is CC1CC(NC(=O)CC(=O)O)C1. The minimum atomic E-state index is -1.07. The van der Waals surface area contributed by atoms with Crippen LogP contribution in [-0.2, 0) is 9.59 Å². The summed E-state index contributed by atoms with van der Waals surface area (Å²) in [4.78, 5) is 21.0. The zero-order valence-electron chi connectivity index (χ0n) is 7.04. The van der Waals surface area contributed by atoms with Gasteiger partial charge >= 0.3 is 5.97 Å². The van der Waals surface area contributed by atoms with Crippen LogP contribution < -0.4 is 5.32 Å². The van der Waals surface area contributed by atoms with E-state index in [-0.39, 0.29) is 11.9 Å². The van der Waals surface area contributed by atoms with Crippen LogP contribution in [0.2, 0.25) is 0 Å². The third kappa shape index (κ3) is 2.53. The first-order valence-electron chi connectivity index (χ1n) is 4.09. The van der Waals surface area contributed by atoms with Crippen molar-refractivity contribution in [1.29, 1.82) is 0 Å². The quantitative estimate of drug-likeness (QED) is 0.603. The lowest BCUT2D eigenvalue weighted by Crippen LogP contribution is -2.43. The molecule has 0 atom stereocenters. The molecule has 0 saturated heterocycles. The molecule has 0 heterocycles. The molecule has 4 heteroatoms. The van der Waals surface area contributed by atoms with Crippen molar-refractivity contribution in [2.45, 2.75) is 32.2 Å². The first kappa shape index (κ1) is 9.03. The summed E-state index contributed by atoms with van der Waals surface area (Å²) in [6.45, 7) is 2.11. The number of aliphatic carboxylic acids is 1. The molecule has 12 heavy (non-hydrogen) atoms. The molecule has 1 saturated carbocycles. The van der Waals surface area contributed by atoms with E-state index in [1.54, 1.807) is 0 Å². The van der Waals surface area contributed by atoms with Crippen molar-refractivity contribution in [2.24, 2.45) is 5.92 Å². The molecular weight excluding hydrogens is 158 g/mol. The second-order valence-electron chi connectivity index (χ2n) is 3.41. The number of rotatable bonds is 3. The van der Waals surface area contributed by atoms with Gasteiger partial charge in [-0.25, -0.2) is 0 Å². The molecule has 1 amide bonds. The molecule has 4 nitrogen and oxygen atoms in total. The van der Waals surface area contributed by atoms with Crippen LogP contribution in [0.15, 0.2) is 0 Å². The minimum absolute atomic E-state index is 0.215. The Bertz CT molecular complexity index is 196. The summed E-state index contributed by atoms with van der Waals surface area (Å²) in [5.74, 6) is -0.778. The van der Waals surface area contributed by atoms with Gasteiger partial charge in [-0.2, -0.15) is 0 Å². The summed E-state index contributed by atoms with van der Waals surface area (Å²) in [6.07, 6.45) is 1.54. The van der Waals surface area contributed by atoms with E-state index in [1.165, 1.54) is 0 Å². The molecular formula is C8H13NO3. The van der Waals surface area contributed by atoms with Gasteiger partial charge in [0.05, 0.1) is 0 Å². The van der Waals surface area contributed by atoms with Crippen molar-refractivity contribution in [2.75, 3.05) is 0 Å². The maximum Gasteiger partial charge on any atom is 0.312 e. The predicted molar refractivity (Wildman–Crippen MR) is 42.6 cm³/mol. The van der Waals surface area contributed by atoms with Crippen LogP contribution in [0.3, 0.4) is 0 Å². The number of hydrogen-bond acceptors (Lipinski definition) is 2. The number of carboxylic acids is 1. The average Bonchev–Trinajstić information content (AvgIpc) is 1.82. The highest BCUT2D eigenvalue weighted by Gasteiger charge is 2.26. The van der Waals surface area contributed by atoms with Crippen LogP contribution >= 0.6 is 0 Å². The number of hydrogen-bond donors (Lipinski definition) is 2. The standard InChI is InChI=1S/C8H13NO3/c1-5-2-6(3-5)9-7(10)4-8(11)12/h5-6H,2-4H2,1H3,(H,9,10)(H,11,12). The fraction of sp³-hybridized carbons (Fsp3) is 0.750. The lowest BCUT2D eigenvalue weighted by molar-refractivity contribution is -0.141. The Labute approximate surface area is 71.0 Å². The molecule has 0 unspecified atom stereocenters. The Hall–Kier alpha value is -1.06. The number of carbonyl (C=O) groups is 2. The van der Waals surface area contributed by atoms with Crippen LogP contribution in [0.25, 0.3) is 0 Å². The van der Waals surface area contributed by atoms with Gasteiger partial charge in [0.2, 0.25) is 5.91 Å². The van der Waals surface area contributed by atoms with E-state index in [2.05, 4.69) is 12.2 Å². The molecule has 1 fully saturated rings. The zero-order chi connectivity index (χ0) is 9.14. The maximum absolute atomic E-state index is 10.9. The van der Waals surface area contributed by atoms with Crippen LogP contribution in [0, 0.1) is 5.92 Å². The van der Waals surface area contributed by atoms with Crippen LogP contribution in [-0.4, -0.2) is 23.0 Å². The summed E-state index contributed by atoms with van der Waals surface area (Å²) >= 11 is 0. The van der Waals surface area contributed by atoms with E-state index in [0.29, 0.717) is 5.92 Å². The van der Waals surface area contributed by atoms with Crippen molar-refractivity contribution >= 4 is 11.9 Å². The predicted octanol–water partition coefficient (Wildman–Crippen LogP) is 0.376. The summed E-state index contributed by atoms with van der Waals surface area (Å²) < 4.78 is 0. The summed E-state index contributed by atoms with van der Waals surface area (Å²) in [6, 6.07) is 0.215. The fourth-order valence-corrected chi connectivity index (χ4v) is 1.44. The number of nitrogens with one attached hydrogen (secondary N) is 1. The van der Waals surface area contributed by atoms with Crippen molar-refractivity contribution in [3.63, 3.8) is 0 Å². The number of carbonyl (C=O) groups excluding carboxylic acids is 1. The number of amides is 1. The average molecular weight is 171 g/mol. The smallest absolute Gasteiger partial charge is 0.312 e. The van der Waals surface area contributed by atoms with E-state index in [1.807, 2.05) is 0 Å². The maximum atomic E-state index is 10.9. The normalized spacial score (nSPS) is 27.4. The van der Waals surface area contributed by atoms with E-state index >= 15 is 0 Å². The molecule has 0 bridgehead atoms. The lowest BCUT2D eigenvalue weighted by atomic mass is 9.82. The molecule has 1 aliphatic carbocycles. The molecule has 1 aliphatic rings. The van der Waals surface area contributed by atoms with Gasteiger partial charge in [-0.15, -0.1) is 0 Å². The lowest BCUT2D eigenvalue weighted by Gasteiger charge is -2.33. The summed E-state index contributed by atoms with van der Waals surface area (Å²) in [5, 5.41) is 10.9. The van der Waals surface area contributed by atoms with E-state index in [9.17, 15) is 9.59 Å². The Morgan fingerprint density at radius 1 is 1.50 bits per heavy atom. The summed E-state index contributed by atoms with van der Waals surface area (Å²) in [7, 11) is 0. The summed E-state index contributed by atoms with van der Waals surface area (Å²) in [5.41, 5.74) is 0. The molecule has 0 aromatic carbocycles. The van der Waals surface area contributed by atoms with Gasteiger partial charge in [-0.1, -0.05) is 6.92 Å². The first-order valence-corrected chi connectivity index (χ1v) is 4.09. The van der Waals surface area contributed by atoms with Crippen LogP contribution in [0.5, 0.6) is 0 Å². The van der Waals surface area contributed by atoms with Gasteiger partial charge in [0.15, 0.2) is 0 Å². The van der Waals surface area contributed by atoms with Crippen LogP contribution in [0.1, 0.15) is 26.2 Å². The van der Waals surface area contributed by atoms with Gasteiger partial charge in [0, 0.05) is 6.04 Å². The van der Waals surface area contributed by atoms with Gasteiger partial charge in [-0.05, 0) is 18.8 Å². The van der Waals surface area contributed by atoms with Crippen LogP contribution in [0.4, 0.5) is 0 Å². The highest BCUT2D eigenvalue weighted by molar-refractivity contribution is 5.93. The molecule has 1 rings (SSSR count). The highest BCUT2D eigenvalue weighted by Crippen LogP contribution is 2.26. The Balaban J connectivity index is 2.15. The van der Waals surface area contributed by atoms with E-state index in [0.717, 1.165) is 12.8 Å².